The molecular weight excluding hydrogens is 230 g/mol. The van der Waals surface area contributed by atoms with E-state index in [1.165, 1.54) is 11.1 Å². The Labute approximate surface area is 106 Å². The number of aryl methyl sites for hydroxylation is 2. The molecular formula is C13H17N3O2. The van der Waals surface area contributed by atoms with Crippen LogP contribution in [0.15, 0.2) is 22.7 Å². The first kappa shape index (κ1) is 12.6. The number of rotatable bonds is 5. The van der Waals surface area contributed by atoms with Gasteiger partial charge in [-0.25, -0.2) is 0 Å². The SMILES string of the molecule is Cc1ccc(OCc2noc(CCN)n2)cc1C. The first-order valence-electron chi connectivity index (χ1n) is 5.90. The topological polar surface area (TPSA) is 74.2 Å². The molecule has 0 bridgehead atoms. The van der Waals surface area contributed by atoms with Gasteiger partial charge < -0.3 is 15.0 Å². The fraction of sp³-hybridized carbons (Fsp3) is 0.385. The molecule has 2 rings (SSSR count). The molecule has 0 fully saturated rings. The van der Waals surface area contributed by atoms with E-state index in [0.717, 1.165) is 5.75 Å². The molecule has 2 aromatic rings. The van der Waals surface area contributed by atoms with Crippen LogP contribution in [0.3, 0.4) is 0 Å². The Morgan fingerprint density at radius 2 is 2.11 bits per heavy atom. The molecule has 0 atom stereocenters. The van der Waals surface area contributed by atoms with E-state index in [0.29, 0.717) is 31.3 Å². The Hall–Kier alpha value is -1.88. The van der Waals surface area contributed by atoms with Gasteiger partial charge in [0.1, 0.15) is 5.75 Å². The summed E-state index contributed by atoms with van der Waals surface area (Å²) in [5, 5.41) is 3.82. The van der Waals surface area contributed by atoms with Crippen molar-refractivity contribution in [3.8, 4) is 5.75 Å². The van der Waals surface area contributed by atoms with Crippen molar-refractivity contribution in [2.45, 2.75) is 26.9 Å². The fourth-order valence-corrected chi connectivity index (χ4v) is 1.53. The number of benzene rings is 1. The molecule has 0 radical (unpaired) electrons. The van der Waals surface area contributed by atoms with Crippen molar-refractivity contribution in [3.05, 3.63) is 41.0 Å². The highest BCUT2D eigenvalue weighted by Crippen LogP contribution is 2.17. The highest BCUT2D eigenvalue weighted by molar-refractivity contribution is 5.33. The predicted molar refractivity (Wildman–Crippen MR) is 67.3 cm³/mol. The molecule has 2 N–H and O–H groups in total. The lowest BCUT2D eigenvalue weighted by atomic mass is 10.1. The lowest BCUT2D eigenvalue weighted by molar-refractivity contribution is 0.285. The minimum Gasteiger partial charge on any atom is -0.485 e. The maximum absolute atomic E-state index is 5.60. The predicted octanol–water partition coefficient (Wildman–Crippen LogP) is 1.77. The van der Waals surface area contributed by atoms with Gasteiger partial charge in [0.05, 0.1) is 0 Å². The summed E-state index contributed by atoms with van der Waals surface area (Å²) in [5.74, 6) is 1.90. The second-order valence-electron chi connectivity index (χ2n) is 4.18. The molecule has 1 aromatic carbocycles. The van der Waals surface area contributed by atoms with Crippen LogP contribution in [0.2, 0.25) is 0 Å². The van der Waals surface area contributed by atoms with Crippen molar-refractivity contribution in [2.24, 2.45) is 5.73 Å². The van der Waals surface area contributed by atoms with Crippen molar-refractivity contribution >= 4 is 0 Å². The summed E-state index contributed by atoms with van der Waals surface area (Å²) >= 11 is 0. The first-order chi connectivity index (χ1) is 8.69. The van der Waals surface area contributed by atoms with Gasteiger partial charge >= 0.3 is 0 Å². The summed E-state index contributed by atoms with van der Waals surface area (Å²) in [7, 11) is 0. The monoisotopic (exact) mass is 247 g/mol. The van der Waals surface area contributed by atoms with E-state index < -0.39 is 0 Å². The third kappa shape index (κ3) is 3.07. The van der Waals surface area contributed by atoms with Crippen LogP contribution in [0, 0.1) is 13.8 Å². The smallest absolute Gasteiger partial charge is 0.228 e. The van der Waals surface area contributed by atoms with Crippen LogP contribution in [-0.4, -0.2) is 16.7 Å². The van der Waals surface area contributed by atoms with Crippen LogP contribution < -0.4 is 10.5 Å². The number of nitrogens with zero attached hydrogens (tertiary/aromatic N) is 2. The zero-order chi connectivity index (χ0) is 13.0. The zero-order valence-corrected chi connectivity index (χ0v) is 10.6. The maximum atomic E-state index is 5.60. The Morgan fingerprint density at radius 3 is 2.83 bits per heavy atom. The second kappa shape index (κ2) is 5.64. The van der Waals surface area contributed by atoms with Crippen molar-refractivity contribution in [2.75, 3.05) is 6.54 Å². The number of hydrogen-bond acceptors (Lipinski definition) is 5. The van der Waals surface area contributed by atoms with Crippen LogP contribution in [-0.2, 0) is 13.0 Å². The van der Waals surface area contributed by atoms with Crippen LogP contribution in [0.25, 0.3) is 0 Å². The lowest BCUT2D eigenvalue weighted by Crippen LogP contribution is -2.03. The second-order valence-corrected chi connectivity index (χ2v) is 4.18. The molecule has 0 spiro atoms. The Morgan fingerprint density at radius 1 is 1.28 bits per heavy atom. The van der Waals surface area contributed by atoms with Crippen LogP contribution >= 0.6 is 0 Å². The molecule has 0 saturated heterocycles. The molecule has 18 heavy (non-hydrogen) atoms. The summed E-state index contributed by atoms with van der Waals surface area (Å²) in [6, 6.07) is 5.96. The summed E-state index contributed by atoms with van der Waals surface area (Å²) < 4.78 is 10.6. The van der Waals surface area contributed by atoms with Crippen molar-refractivity contribution < 1.29 is 9.26 Å². The molecule has 0 aliphatic heterocycles. The van der Waals surface area contributed by atoms with Gasteiger partial charge in [-0.15, -0.1) is 0 Å². The van der Waals surface area contributed by atoms with Crippen molar-refractivity contribution in [1.29, 1.82) is 0 Å². The van der Waals surface area contributed by atoms with E-state index in [2.05, 4.69) is 24.0 Å². The average molecular weight is 247 g/mol. The Balaban J connectivity index is 1.95. The molecule has 1 aromatic heterocycles. The highest BCUT2D eigenvalue weighted by atomic mass is 16.5. The standard InChI is InChI=1S/C13H17N3O2/c1-9-3-4-11(7-10(9)2)17-8-12-15-13(5-6-14)18-16-12/h3-4,7H,5-6,8,14H2,1-2H3. The molecule has 1 heterocycles. The van der Waals surface area contributed by atoms with Gasteiger partial charge in [0.15, 0.2) is 6.61 Å². The lowest BCUT2D eigenvalue weighted by Gasteiger charge is -2.05. The molecule has 96 valence electrons. The minimum atomic E-state index is 0.302. The van der Waals surface area contributed by atoms with Crippen LogP contribution in [0.5, 0.6) is 5.75 Å². The fourth-order valence-electron chi connectivity index (χ4n) is 1.53. The third-order valence-corrected chi connectivity index (χ3v) is 2.71. The summed E-state index contributed by atoms with van der Waals surface area (Å²) in [6.45, 7) is 4.92. The van der Waals surface area contributed by atoms with E-state index in [1.54, 1.807) is 0 Å². The zero-order valence-electron chi connectivity index (χ0n) is 10.6. The van der Waals surface area contributed by atoms with Gasteiger partial charge in [-0.2, -0.15) is 4.98 Å². The first-order valence-corrected chi connectivity index (χ1v) is 5.90. The minimum absolute atomic E-state index is 0.302. The van der Waals surface area contributed by atoms with E-state index in [4.69, 9.17) is 15.0 Å². The highest BCUT2D eigenvalue weighted by Gasteiger charge is 2.06. The van der Waals surface area contributed by atoms with E-state index in [-0.39, 0.29) is 0 Å². The molecule has 5 nitrogen and oxygen atoms in total. The summed E-state index contributed by atoms with van der Waals surface area (Å²) in [6.07, 6.45) is 0.594. The average Bonchev–Trinajstić information content (AvgIpc) is 2.79. The Bertz CT molecular complexity index is 523. The van der Waals surface area contributed by atoms with Crippen molar-refractivity contribution in [3.63, 3.8) is 0 Å². The van der Waals surface area contributed by atoms with E-state index in [9.17, 15) is 0 Å². The van der Waals surface area contributed by atoms with Gasteiger partial charge in [-0.1, -0.05) is 11.2 Å². The van der Waals surface area contributed by atoms with Gasteiger partial charge in [0.2, 0.25) is 11.7 Å². The quantitative estimate of drug-likeness (QED) is 0.871. The summed E-state index contributed by atoms with van der Waals surface area (Å²) in [4.78, 5) is 4.17. The molecule has 0 amide bonds. The van der Waals surface area contributed by atoms with Gasteiger partial charge in [-0.05, 0) is 37.1 Å². The molecule has 0 saturated carbocycles. The third-order valence-electron chi connectivity index (χ3n) is 2.71. The van der Waals surface area contributed by atoms with Crippen LogP contribution in [0.4, 0.5) is 0 Å². The summed E-state index contributed by atoms with van der Waals surface area (Å²) in [5.41, 5.74) is 7.85. The number of aromatic nitrogens is 2. The van der Waals surface area contributed by atoms with E-state index in [1.807, 2.05) is 18.2 Å². The number of hydrogen-bond donors (Lipinski definition) is 1. The van der Waals surface area contributed by atoms with Gasteiger partial charge in [-0.3, -0.25) is 0 Å². The van der Waals surface area contributed by atoms with Gasteiger partial charge in [0, 0.05) is 13.0 Å². The molecule has 5 heteroatoms. The van der Waals surface area contributed by atoms with E-state index >= 15 is 0 Å². The molecule has 0 unspecified atom stereocenters. The Kier molecular flexibility index (Phi) is 3.94. The molecule has 0 aliphatic carbocycles. The van der Waals surface area contributed by atoms with Gasteiger partial charge in [0.25, 0.3) is 0 Å². The number of ether oxygens (including phenoxy) is 1. The molecule has 0 aliphatic rings. The number of nitrogens with two attached hydrogens (primary N) is 1. The van der Waals surface area contributed by atoms with Crippen LogP contribution in [0.1, 0.15) is 22.8 Å². The van der Waals surface area contributed by atoms with Crippen molar-refractivity contribution in [1.82, 2.24) is 10.1 Å². The normalized spacial score (nSPS) is 10.6. The largest absolute Gasteiger partial charge is 0.485 e. The maximum Gasteiger partial charge on any atom is 0.228 e.